The first-order valence-corrected chi connectivity index (χ1v) is 13.8. The quantitative estimate of drug-likeness (QED) is 0.192. The van der Waals surface area contributed by atoms with Crippen LogP contribution < -0.4 is 5.32 Å². The van der Waals surface area contributed by atoms with E-state index in [0.717, 1.165) is 21.6 Å². The van der Waals surface area contributed by atoms with Gasteiger partial charge in [0, 0.05) is 36.7 Å². The Bertz CT molecular complexity index is 1500. The van der Waals surface area contributed by atoms with Crippen molar-refractivity contribution in [2.24, 2.45) is 0 Å². The molecule has 0 heterocycles. The number of hydrogen-bond donors (Lipinski definition) is 1. The SMILES string of the molecule is Cc1ccc(NC(=O)CCC(C(c2ccccc2)c2ccccc2)N(C)C(=O)c2cc(C(F)(F)F)cc(C(F)(F)F)c2)cc1. The van der Waals surface area contributed by atoms with Gasteiger partial charge in [-0.25, -0.2) is 0 Å². The highest BCUT2D eigenvalue weighted by Gasteiger charge is 2.39. The van der Waals surface area contributed by atoms with E-state index in [1.165, 1.54) is 7.05 Å². The van der Waals surface area contributed by atoms with Gasteiger partial charge in [-0.05, 0) is 54.8 Å². The van der Waals surface area contributed by atoms with E-state index in [-0.39, 0.29) is 24.8 Å². The number of amides is 2. The van der Waals surface area contributed by atoms with Crippen LogP contribution in [0.5, 0.6) is 0 Å². The number of nitrogens with zero attached hydrogens (tertiary/aromatic N) is 1. The molecule has 4 nitrogen and oxygen atoms in total. The van der Waals surface area contributed by atoms with Crippen LogP contribution in [0.15, 0.2) is 103 Å². The first-order chi connectivity index (χ1) is 20.7. The molecule has 10 heteroatoms. The summed E-state index contributed by atoms with van der Waals surface area (Å²) in [6.07, 6.45) is -10.2. The molecule has 0 aliphatic heterocycles. The molecule has 1 atom stereocenters. The molecule has 0 aromatic heterocycles. The molecule has 0 radical (unpaired) electrons. The molecular formula is C34H30F6N2O2. The predicted octanol–water partition coefficient (Wildman–Crippen LogP) is 8.72. The predicted molar refractivity (Wildman–Crippen MR) is 156 cm³/mol. The van der Waals surface area contributed by atoms with Crippen LogP contribution in [-0.4, -0.2) is 29.8 Å². The summed E-state index contributed by atoms with van der Waals surface area (Å²) in [4.78, 5) is 27.9. The van der Waals surface area contributed by atoms with Gasteiger partial charge >= 0.3 is 12.4 Å². The summed E-state index contributed by atoms with van der Waals surface area (Å²) in [7, 11) is 1.33. The number of hydrogen-bond acceptors (Lipinski definition) is 2. The van der Waals surface area contributed by atoms with E-state index >= 15 is 0 Å². The summed E-state index contributed by atoms with van der Waals surface area (Å²) in [6.45, 7) is 1.90. The average Bonchev–Trinajstić information content (AvgIpc) is 2.99. The molecule has 0 bridgehead atoms. The molecule has 0 fully saturated rings. The van der Waals surface area contributed by atoms with Gasteiger partial charge in [-0.3, -0.25) is 9.59 Å². The molecule has 4 rings (SSSR count). The second kappa shape index (κ2) is 13.4. The molecule has 0 aliphatic rings. The standard InChI is InChI=1S/C34H30F6N2O2/c1-22-13-15-28(16-14-22)41-30(43)18-17-29(31(23-9-5-3-6-10-23)24-11-7-4-8-12-24)42(2)32(44)25-19-26(33(35,36)37)21-27(20-25)34(38,39)40/h3-16,19-21,29,31H,17-18H2,1-2H3,(H,41,43). The van der Waals surface area contributed by atoms with E-state index in [9.17, 15) is 35.9 Å². The summed E-state index contributed by atoms with van der Waals surface area (Å²) in [5, 5.41) is 2.80. The Hall–Kier alpha value is -4.60. The van der Waals surface area contributed by atoms with Crippen LogP contribution in [0.4, 0.5) is 32.0 Å². The molecular weight excluding hydrogens is 582 g/mol. The van der Waals surface area contributed by atoms with Crippen molar-refractivity contribution in [2.45, 2.75) is 44.1 Å². The number of nitrogens with one attached hydrogen (secondary N) is 1. The lowest BCUT2D eigenvalue weighted by molar-refractivity contribution is -0.143. The van der Waals surface area contributed by atoms with Gasteiger partial charge in [-0.2, -0.15) is 26.3 Å². The lowest BCUT2D eigenvalue weighted by Crippen LogP contribution is -2.42. The van der Waals surface area contributed by atoms with E-state index in [1.54, 1.807) is 48.5 Å². The summed E-state index contributed by atoms with van der Waals surface area (Å²) >= 11 is 0. The van der Waals surface area contributed by atoms with Gasteiger partial charge in [0.1, 0.15) is 0 Å². The number of likely N-dealkylation sites (N-methyl/N-ethyl adjacent to an activating group) is 1. The monoisotopic (exact) mass is 612 g/mol. The minimum absolute atomic E-state index is 0.0135. The van der Waals surface area contributed by atoms with Crippen molar-refractivity contribution < 1.29 is 35.9 Å². The van der Waals surface area contributed by atoms with Gasteiger partial charge in [-0.15, -0.1) is 0 Å². The molecule has 230 valence electrons. The molecule has 44 heavy (non-hydrogen) atoms. The van der Waals surface area contributed by atoms with Crippen molar-refractivity contribution >= 4 is 17.5 Å². The second-order valence-corrected chi connectivity index (χ2v) is 10.5. The largest absolute Gasteiger partial charge is 0.416 e. The fourth-order valence-corrected chi connectivity index (χ4v) is 5.11. The van der Waals surface area contributed by atoms with Crippen LogP contribution in [0, 0.1) is 6.92 Å². The maximum absolute atomic E-state index is 13.8. The second-order valence-electron chi connectivity index (χ2n) is 10.5. The Balaban J connectivity index is 1.75. The minimum atomic E-state index is -5.11. The first-order valence-electron chi connectivity index (χ1n) is 13.8. The van der Waals surface area contributed by atoms with Gasteiger partial charge in [0.15, 0.2) is 0 Å². The van der Waals surface area contributed by atoms with E-state index in [2.05, 4.69) is 5.32 Å². The van der Waals surface area contributed by atoms with Crippen molar-refractivity contribution in [1.82, 2.24) is 4.90 Å². The van der Waals surface area contributed by atoms with Gasteiger partial charge in [-0.1, -0.05) is 78.4 Å². The zero-order chi connectivity index (χ0) is 32.1. The van der Waals surface area contributed by atoms with E-state index < -0.39 is 46.9 Å². The topological polar surface area (TPSA) is 49.4 Å². The molecule has 0 saturated heterocycles. The van der Waals surface area contributed by atoms with Crippen LogP contribution in [0.2, 0.25) is 0 Å². The van der Waals surface area contributed by atoms with E-state index in [4.69, 9.17) is 0 Å². The number of rotatable bonds is 9. The van der Waals surface area contributed by atoms with E-state index in [1.807, 2.05) is 43.3 Å². The molecule has 0 saturated carbocycles. The smallest absolute Gasteiger partial charge is 0.338 e. The number of aryl methyl sites for hydroxylation is 1. The Morgan fingerprint density at radius 2 is 1.20 bits per heavy atom. The lowest BCUT2D eigenvalue weighted by Gasteiger charge is -2.36. The van der Waals surface area contributed by atoms with Crippen LogP contribution in [0.25, 0.3) is 0 Å². The van der Waals surface area contributed by atoms with Crippen molar-refractivity contribution in [3.63, 3.8) is 0 Å². The summed E-state index contributed by atoms with van der Waals surface area (Å²) in [6, 6.07) is 25.2. The molecule has 4 aromatic carbocycles. The third-order valence-corrected chi connectivity index (χ3v) is 7.36. The highest BCUT2D eigenvalue weighted by Crippen LogP contribution is 2.38. The van der Waals surface area contributed by atoms with Gasteiger partial charge in [0.25, 0.3) is 5.91 Å². The highest BCUT2D eigenvalue weighted by molar-refractivity contribution is 5.95. The van der Waals surface area contributed by atoms with Crippen molar-refractivity contribution in [1.29, 1.82) is 0 Å². The van der Waals surface area contributed by atoms with Crippen LogP contribution in [-0.2, 0) is 17.1 Å². The number of benzene rings is 4. The molecule has 2 amide bonds. The Morgan fingerprint density at radius 3 is 1.66 bits per heavy atom. The number of alkyl halides is 6. The van der Waals surface area contributed by atoms with Crippen molar-refractivity contribution in [3.05, 3.63) is 137 Å². The molecule has 1 unspecified atom stereocenters. The van der Waals surface area contributed by atoms with Crippen LogP contribution in [0.3, 0.4) is 0 Å². The Morgan fingerprint density at radius 1 is 0.727 bits per heavy atom. The van der Waals surface area contributed by atoms with Crippen molar-refractivity contribution in [2.75, 3.05) is 12.4 Å². The number of halogens is 6. The lowest BCUT2D eigenvalue weighted by atomic mass is 9.82. The molecule has 4 aromatic rings. The Kier molecular flexibility index (Phi) is 9.81. The number of anilines is 1. The van der Waals surface area contributed by atoms with Crippen molar-refractivity contribution in [3.8, 4) is 0 Å². The van der Waals surface area contributed by atoms with Gasteiger partial charge in [0.05, 0.1) is 11.1 Å². The third-order valence-electron chi connectivity index (χ3n) is 7.36. The zero-order valence-electron chi connectivity index (χ0n) is 23.9. The fourth-order valence-electron chi connectivity index (χ4n) is 5.11. The first kappa shape index (κ1) is 32.3. The fraction of sp³-hybridized carbons (Fsp3) is 0.235. The zero-order valence-corrected chi connectivity index (χ0v) is 23.9. The number of carbonyl (C=O) groups is 2. The van der Waals surface area contributed by atoms with E-state index in [0.29, 0.717) is 17.8 Å². The molecule has 0 aliphatic carbocycles. The minimum Gasteiger partial charge on any atom is -0.338 e. The summed E-state index contributed by atoms with van der Waals surface area (Å²) in [5.74, 6) is -1.97. The van der Waals surface area contributed by atoms with Crippen LogP contribution >= 0.6 is 0 Å². The molecule has 1 N–H and O–H groups in total. The van der Waals surface area contributed by atoms with Gasteiger partial charge < -0.3 is 10.2 Å². The van der Waals surface area contributed by atoms with Crippen LogP contribution in [0.1, 0.15) is 56.9 Å². The maximum atomic E-state index is 13.8. The summed E-state index contributed by atoms with van der Waals surface area (Å²) in [5.41, 5.74) is -0.859. The summed E-state index contributed by atoms with van der Waals surface area (Å²) < 4.78 is 81.6. The van der Waals surface area contributed by atoms with Gasteiger partial charge in [0.2, 0.25) is 5.91 Å². The molecule has 0 spiro atoms. The average molecular weight is 613 g/mol. The number of carbonyl (C=O) groups excluding carboxylic acids is 2. The normalized spacial score (nSPS) is 12.6. The maximum Gasteiger partial charge on any atom is 0.416 e. The Labute approximate surface area is 251 Å². The highest BCUT2D eigenvalue weighted by atomic mass is 19.4. The third kappa shape index (κ3) is 8.06.